The van der Waals surface area contributed by atoms with Gasteiger partial charge in [0.2, 0.25) is 0 Å². The SMILES string of the molecule is CC(C)(C)CCCCn1nncc1CC(C)(C)C. The molecule has 0 unspecified atom stereocenters. The summed E-state index contributed by atoms with van der Waals surface area (Å²) in [6.45, 7) is 14.7. The maximum Gasteiger partial charge on any atom is 0.0725 e. The molecule has 0 amide bonds. The lowest BCUT2D eigenvalue weighted by atomic mass is 9.90. The van der Waals surface area contributed by atoms with Crippen molar-refractivity contribution in [3.8, 4) is 0 Å². The van der Waals surface area contributed by atoms with E-state index in [1.165, 1.54) is 25.0 Å². The van der Waals surface area contributed by atoms with Gasteiger partial charge < -0.3 is 0 Å². The minimum Gasteiger partial charge on any atom is -0.249 e. The molecule has 0 fully saturated rings. The summed E-state index contributed by atoms with van der Waals surface area (Å²) < 4.78 is 2.08. The van der Waals surface area contributed by atoms with Crippen LogP contribution in [0.3, 0.4) is 0 Å². The molecule has 0 aliphatic rings. The highest BCUT2D eigenvalue weighted by molar-refractivity contribution is 4.97. The molecule has 0 aliphatic carbocycles. The molecule has 3 nitrogen and oxygen atoms in total. The predicted molar refractivity (Wildman–Crippen MR) is 76.5 cm³/mol. The Kier molecular flexibility index (Phi) is 4.94. The predicted octanol–water partition coefficient (Wildman–Crippen LogP) is 4.08. The third-order valence-corrected chi connectivity index (χ3v) is 2.96. The Balaban J connectivity index is 2.41. The second-order valence-corrected chi connectivity index (χ2v) is 7.70. The van der Waals surface area contributed by atoms with Crippen molar-refractivity contribution >= 4 is 0 Å². The average Bonchev–Trinajstić information content (AvgIpc) is 2.56. The molecule has 0 atom stereocenters. The van der Waals surface area contributed by atoms with Gasteiger partial charge >= 0.3 is 0 Å². The Labute approximate surface area is 112 Å². The van der Waals surface area contributed by atoms with E-state index < -0.39 is 0 Å². The van der Waals surface area contributed by atoms with Gasteiger partial charge in [0.15, 0.2) is 0 Å². The molecule has 0 radical (unpaired) electrons. The van der Waals surface area contributed by atoms with E-state index in [-0.39, 0.29) is 0 Å². The normalized spacial score (nSPS) is 13.0. The summed E-state index contributed by atoms with van der Waals surface area (Å²) in [7, 11) is 0. The number of hydrogen-bond acceptors (Lipinski definition) is 2. The van der Waals surface area contributed by atoms with Gasteiger partial charge in [0, 0.05) is 6.54 Å². The molecule has 1 aromatic rings. The first-order valence-electron chi connectivity index (χ1n) is 7.05. The lowest BCUT2D eigenvalue weighted by Crippen LogP contribution is -2.14. The molecule has 104 valence electrons. The van der Waals surface area contributed by atoms with Crippen molar-refractivity contribution in [2.75, 3.05) is 0 Å². The summed E-state index contributed by atoms with van der Waals surface area (Å²) in [5.74, 6) is 0. The fourth-order valence-electron chi connectivity index (χ4n) is 2.06. The van der Waals surface area contributed by atoms with Crippen LogP contribution in [-0.4, -0.2) is 15.0 Å². The van der Waals surface area contributed by atoms with Crippen LogP contribution < -0.4 is 0 Å². The van der Waals surface area contributed by atoms with Crippen molar-refractivity contribution in [2.24, 2.45) is 10.8 Å². The monoisotopic (exact) mass is 251 g/mol. The molecule has 0 aliphatic heterocycles. The van der Waals surface area contributed by atoms with Crippen LogP contribution in [0.2, 0.25) is 0 Å². The number of nitrogens with zero attached hydrogens (tertiary/aromatic N) is 3. The number of rotatable bonds is 5. The van der Waals surface area contributed by atoms with Crippen molar-refractivity contribution in [1.82, 2.24) is 15.0 Å². The first kappa shape index (κ1) is 15.2. The molecule has 0 N–H and O–H groups in total. The first-order valence-corrected chi connectivity index (χ1v) is 7.05. The summed E-state index contributed by atoms with van der Waals surface area (Å²) in [6, 6.07) is 0. The lowest BCUT2D eigenvalue weighted by molar-refractivity contribution is 0.347. The summed E-state index contributed by atoms with van der Waals surface area (Å²) in [5.41, 5.74) is 2.00. The van der Waals surface area contributed by atoms with Crippen LogP contribution in [0.1, 0.15) is 66.5 Å². The highest BCUT2D eigenvalue weighted by Gasteiger charge is 2.15. The van der Waals surface area contributed by atoms with E-state index >= 15 is 0 Å². The maximum atomic E-state index is 4.20. The Morgan fingerprint density at radius 2 is 1.67 bits per heavy atom. The maximum absolute atomic E-state index is 4.20. The molecule has 3 heteroatoms. The van der Waals surface area contributed by atoms with Crippen LogP contribution in [0.15, 0.2) is 6.20 Å². The molecule has 1 aromatic heterocycles. The van der Waals surface area contributed by atoms with Gasteiger partial charge in [0.1, 0.15) is 0 Å². The summed E-state index contributed by atoms with van der Waals surface area (Å²) in [5, 5.41) is 8.25. The molecular weight excluding hydrogens is 222 g/mol. The summed E-state index contributed by atoms with van der Waals surface area (Å²) in [4.78, 5) is 0. The lowest BCUT2D eigenvalue weighted by Gasteiger charge is -2.19. The van der Waals surface area contributed by atoms with E-state index in [0.717, 1.165) is 13.0 Å². The van der Waals surface area contributed by atoms with Crippen molar-refractivity contribution in [3.63, 3.8) is 0 Å². The van der Waals surface area contributed by atoms with Gasteiger partial charge in [-0.2, -0.15) is 0 Å². The van der Waals surface area contributed by atoms with Gasteiger partial charge in [-0.25, -0.2) is 4.68 Å². The van der Waals surface area contributed by atoms with Crippen LogP contribution in [0.5, 0.6) is 0 Å². The number of unbranched alkanes of at least 4 members (excludes halogenated alkanes) is 1. The Morgan fingerprint density at radius 1 is 1.00 bits per heavy atom. The quantitative estimate of drug-likeness (QED) is 0.738. The van der Waals surface area contributed by atoms with Gasteiger partial charge in [-0.15, -0.1) is 5.10 Å². The highest BCUT2D eigenvalue weighted by Crippen LogP contribution is 2.22. The zero-order valence-electron chi connectivity index (χ0n) is 13.0. The highest BCUT2D eigenvalue weighted by atomic mass is 15.4. The second kappa shape index (κ2) is 5.85. The minimum absolute atomic E-state index is 0.297. The van der Waals surface area contributed by atoms with E-state index in [9.17, 15) is 0 Å². The fourth-order valence-corrected chi connectivity index (χ4v) is 2.06. The topological polar surface area (TPSA) is 30.7 Å². The molecule has 0 spiro atoms. The van der Waals surface area contributed by atoms with Crippen molar-refractivity contribution in [1.29, 1.82) is 0 Å². The number of aryl methyl sites for hydroxylation is 1. The second-order valence-electron chi connectivity index (χ2n) is 7.70. The molecule has 0 aromatic carbocycles. The number of aromatic nitrogens is 3. The Morgan fingerprint density at radius 3 is 2.22 bits per heavy atom. The van der Waals surface area contributed by atoms with Crippen LogP contribution in [0, 0.1) is 10.8 Å². The van der Waals surface area contributed by atoms with Crippen molar-refractivity contribution in [3.05, 3.63) is 11.9 Å². The fraction of sp³-hybridized carbons (Fsp3) is 0.867. The van der Waals surface area contributed by atoms with E-state index in [4.69, 9.17) is 0 Å². The Bertz CT molecular complexity index is 353. The van der Waals surface area contributed by atoms with Crippen LogP contribution >= 0.6 is 0 Å². The molecule has 1 rings (SSSR count). The zero-order valence-corrected chi connectivity index (χ0v) is 13.0. The third kappa shape index (κ3) is 6.18. The largest absolute Gasteiger partial charge is 0.249 e. The average molecular weight is 251 g/mol. The van der Waals surface area contributed by atoms with E-state index in [0.29, 0.717) is 10.8 Å². The van der Waals surface area contributed by atoms with E-state index in [1.54, 1.807) is 0 Å². The first-order chi connectivity index (χ1) is 8.17. The van der Waals surface area contributed by atoms with Gasteiger partial charge in [-0.05, 0) is 30.1 Å². The van der Waals surface area contributed by atoms with Gasteiger partial charge in [0.05, 0.1) is 11.9 Å². The van der Waals surface area contributed by atoms with Gasteiger partial charge in [0.25, 0.3) is 0 Å². The molecule has 1 heterocycles. The van der Waals surface area contributed by atoms with Crippen molar-refractivity contribution < 1.29 is 0 Å². The van der Waals surface area contributed by atoms with Crippen LogP contribution in [0.25, 0.3) is 0 Å². The zero-order chi connectivity index (χ0) is 13.8. The van der Waals surface area contributed by atoms with Gasteiger partial charge in [-0.3, -0.25) is 0 Å². The molecule has 18 heavy (non-hydrogen) atoms. The minimum atomic E-state index is 0.297. The molecule has 0 saturated carbocycles. The van der Waals surface area contributed by atoms with Crippen molar-refractivity contribution in [2.45, 2.75) is 73.8 Å². The van der Waals surface area contributed by atoms with Crippen LogP contribution in [-0.2, 0) is 13.0 Å². The smallest absolute Gasteiger partial charge is 0.0725 e. The van der Waals surface area contributed by atoms with E-state index in [2.05, 4.69) is 56.5 Å². The Hall–Kier alpha value is -0.860. The van der Waals surface area contributed by atoms with Gasteiger partial charge in [-0.1, -0.05) is 53.2 Å². The standard InChI is InChI=1S/C15H29N3/c1-14(2,3)9-7-8-10-18-13(12-16-17-18)11-15(4,5)6/h12H,7-11H2,1-6H3. The summed E-state index contributed by atoms with van der Waals surface area (Å²) >= 11 is 0. The van der Waals surface area contributed by atoms with Crippen LogP contribution in [0.4, 0.5) is 0 Å². The molecule has 0 saturated heterocycles. The number of hydrogen-bond donors (Lipinski definition) is 0. The molecule has 0 bridgehead atoms. The molecular formula is C15H29N3. The van der Waals surface area contributed by atoms with E-state index in [1.807, 2.05) is 6.20 Å². The third-order valence-electron chi connectivity index (χ3n) is 2.96. The summed E-state index contributed by atoms with van der Waals surface area (Å²) in [6.07, 6.45) is 6.68.